The number of benzene rings is 2. The second-order valence-electron chi connectivity index (χ2n) is 4.87. The summed E-state index contributed by atoms with van der Waals surface area (Å²) in [4.78, 5) is 23.0. The third kappa shape index (κ3) is 4.65. The van der Waals surface area contributed by atoms with Gasteiger partial charge in [0.15, 0.2) is 9.84 Å². The number of hydrogen-bond donors (Lipinski definition) is 2. The standard InChI is InChI=1S/C16H16N2O4S/c17-16(20)12-6-8-13(9-7-12)18-15(19)10-11-23(21,22)14-4-2-1-3-5-14/h1-9H,10-11H2,(H2,17,20)(H,18,19). The normalized spacial score (nSPS) is 11.0. The van der Waals surface area contributed by atoms with E-state index in [1.54, 1.807) is 18.2 Å². The monoisotopic (exact) mass is 332 g/mol. The van der Waals surface area contributed by atoms with E-state index in [9.17, 15) is 18.0 Å². The molecule has 0 fully saturated rings. The highest BCUT2D eigenvalue weighted by molar-refractivity contribution is 7.91. The van der Waals surface area contributed by atoms with Crippen molar-refractivity contribution in [2.45, 2.75) is 11.3 Å². The molecular formula is C16H16N2O4S. The number of carbonyl (C=O) groups is 2. The van der Waals surface area contributed by atoms with E-state index in [0.29, 0.717) is 11.3 Å². The summed E-state index contributed by atoms with van der Waals surface area (Å²) in [5.41, 5.74) is 5.92. The summed E-state index contributed by atoms with van der Waals surface area (Å²) in [5, 5.41) is 2.58. The summed E-state index contributed by atoms with van der Waals surface area (Å²) in [6.45, 7) is 0. The van der Waals surface area contributed by atoms with E-state index >= 15 is 0 Å². The zero-order valence-electron chi connectivity index (χ0n) is 12.2. The van der Waals surface area contributed by atoms with E-state index in [4.69, 9.17) is 5.73 Å². The van der Waals surface area contributed by atoms with Crippen LogP contribution in [0.25, 0.3) is 0 Å². The fourth-order valence-corrected chi connectivity index (χ4v) is 3.18. The summed E-state index contributed by atoms with van der Waals surface area (Å²) < 4.78 is 24.2. The van der Waals surface area contributed by atoms with Crippen LogP contribution in [0.4, 0.5) is 5.69 Å². The number of sulfone groups is 1. The van der Waals surface area contributed by atoms with Crippen molar-refractivity contribution in [1.29, 1.82) is 0 Å². The van der Waals surface area contributed by atoms with Crippen LogP contribution in [0.15, 0.2) is 59.5 Å². The minimum atomic E-state index is -3.49. The number of carbonyl (C=O) groups excluding carboxylic acids is 2. The molecule has 2 aromatic carbocycles. The summed E-state index contributed by atoms with van der Waals surface area (Å²) in [5.74, 6) is -1.25. The smallest absolute Gasteiger partial charge is 0.248 e. The van der Waals surface area contributed by atoms with Gasteiger partial charge >= 0.3 is 0 Å². The number of nitrogens with two attached hydrogens (primary N) is 1. The fraction of sp³-hybridized carbons (Fsp3) is 0.125. The first-order chi connectivity index (χ1) is 10.9. The molecule has 0 atom stereocenters. The Labute approximate surface area is 134 Å². The first-order valence-corrected chi connectivity index (χ1v) is 8.51. The lowest BCUT2D eigenvalue weighted by atomic mass is 10.2. The molecule has 2 amide bonds. The molecule has 0 saturated heterocycles. The summed E-state index contributed by atoms with van der Waals surface area (Å²) in [6, 6.07) is 14.0. The van der Waals surface area contributed by atoms with Crippen LogP contribution >= 0.6 is 0 Å². The van der Waals surface area contributed by atoms with Crippen molar-refractivity contribution in [2.24, 2.45) is 5.73 Å². The Balaban J connectivity index is 1.94. The van der Waals surface area contributed by atoms with Gasteiger partial charge in [-0.1, -0.05) is 18.2 Å². The highest BCUT2D eigenvalue weighted by atomic mass is 32.2. The predicted molar refractivity (Wildman–Crippen MR) is 86.7 cm³/mol. The van der Waals surface area contributed by atoms with Crippen molar-refractivity contribution in [3.63, 3.8) is 0 Å². The van der Waals surface area contributed by atoms with Crippen LogP contribution in [-0.2, 0) is 14.6 Å². The molecule has 2 aromatic rings. The van der Waals surface area contributed by atoms with E-state index in [-0.39, 0.29) is 17.1 Å². The molecule has 0 aliphatic rings. The van der Waals surface area contributed by atoms with E-state index in [1.165, 1.54) is 36.4 Å². The lowest BCUT2D eigenvalue weighted by Crippen LogP contribution is -2.17. The van der Waals surface area contributed by atoms with Crippen LogP contribution in [0.1, 0.15) is 16.8 Å². The van der Waals surface area contributed by atoms with Gasteiger partial charge in [-0.3, -0.25) is 9.59 Å². The molecule has 0 spiro atoms. The van der Waals surface area contributed by atoms with E-state index in [0.717, 1.165) is 0 Å². The molecule has 2 rings (SSSR count). The zero-order valence-corrected chi connectivity index (χ0v) is 13.0. The number of anilines is 1. The van der Waals surface area contributed by atoms with Crippen LogP contribution in [0.3, 0.4) is 0 Å². The maximum Gasteiger partial charge on any atom is 0.248 e. The predicted octanol–water partition coefficient (Wildman–Crippen LogP) is 1.59. The lowest BCUT2D eigenvalue weighted by Gasteiger charge is -2.07. The average Bonchev–Trinajstić information content (AvgIpc) is 2.54. The van der Waals surface area contributed by atoms with Crippen LogP contribution in [0.5, 0.6) is 0 Å². The second-order valence-corrected chi connectivity index (χ2v) is 6.98. The van der Waals surface area contributed by atoms with E-state index in [1.807, 2.05) is 0 Å². The second kappa shape index (κ2) is 7.06. The Morgan fingerprint density at radius 1 is 0.957 bits per heavy atom. The molecule has 0 aromatic heterocycles. The molecule has 6 nitrogen and oxygen atoms in total. The molecule has 0 radical (unpaired) electrons. The number of primary amides is 1. The van der Waals surface area contributed by atoms with Crippen LogP contribution in [-0.4, -0.2) is 26.0 Å². The van der Waals surface area contributed by atoms with Gasteiger partial charge in [0.2, 0.25) is 11.8 Å². The molecular weight excluding hydrogens is 316 g/mol. The lowest BCUT2D eigenvalue weighted by molar-refractivity contribution is -0.115. The maximum atomic E-state index is 12.1. The van der Waals surface area contributed by atoms with Gasteiger partial charge in [-0.05, 0) is 36.4 Å². The van der Waals surface area contributed by atoms with Crippen molar-refractivity contribution in [3.05, 3.63) is 60.2 Å². The Bertz CT molecular complexity index is 800. The molecule has 7 heteroatoms. The van der Waals surface area contributed by atoms with Gasteiger partial charge in [0.25, 0.3) is 0 Å². The molecule has 0 heterocycles. The maximum absolute atomic E-state index is 12.1. The minimum Gasteiger partial charge on any atom is -0.366 e. The third-order valence-corrected chi connectivity index (χ3v) is 4.89. The Morgan fingerprint density at radius 3 is 2.13 bits per heavy atom. The zero-order chi connectivity index (χ0) is 16.9. The quantitative estimate of drug-likeness (QED) is 0.837. The van der Waals surface area contributed by atoms with Gasteiger partial charge in [-0.15, -0.1) is 0 Å². The number of hydrogen-bond acceptors (Lipinski definition) is 4. The molecule has 120 valence electrons. The van der Waals surface area contributed by atoms with Gasteiger partial charge < -0.3 is 11.1 Å². The van der Waals surface area contributed by atoms with Crippen molar-refractivity contribution in [1.82, 2.24) is 0 Å². The number of amides is 2. The average molecular weight is 332 g/mol. The summed E-state index contributed by atoms with van der Waals surface area (Å²) in [6.07, 6.45) is -0.158. The van der Waals surface area contributed by atoms with Crippen molar-refractivity contribution in [2.75, 3.05) is 11.1 Å². The number of nitrogens with one attached hydrogen (secondary N) is 1. The Hall–Kier alpha value is -2.67. The fourth-order valence-electron chi connectivity index (χ4n) is 1.91. The molecule has 0 aliphatic heterocycles. The van der Waals surface area contributed by atoms with Crippen molar-refractivity contribution < 1.29 is 18.0 Å². The first-order valence-electron chi connectivity index (χ1n) is 6.86. The van der Waals surface area contributed by atoms with Gasteiger partial charge in [-0.25, -0.2) is 8.42 Å². The van der Waals surface area contributed by atoms with Crippen LogP contribution in [0.2, 0.25) is 0 Å². The Kier molecular flexibility index (Phi) is 5.13. The van der Waals surface area contributed by atoms with Gasteiger partial charge in [-0.2, -0.15) is 0 Å². The highest BCUT2D eigenvalue weighted by Crippen LogP contribution is 2.13. The van der Waals surface area contributed by atoms with Crippen LogP contribution < -0.4 is 11.1 Å². The van der Waals surface area contributed by atoms with Crippen molar-refractivity contribution in [3.8, 4) is 0 Å². The summed E-state index contributed by atoms with van der Waals surface area (Å²) in [7, 11) is -3.49. The van der Waals surface area contributed by atoms with E-state index in [2.05, 4.69) is 5.32 Å². The molecule has 0 aliphatic carbocycles. The van der Waals surface area contributed by atoms with E-state index < -0.39 is 21.7 Å². The topological polar surface area (TPSA) is 106 Å². The van der Waals surface area contributed by atoms with Crippen molar-refractivity contribution >= 4 is 27.3 Å². The van der Waals surface area contributed by atoms with Gasteiger partial charge in [0.05, 0.1) is 10.6 Å². The minimum absolute atomic E-state index is 0.158. The Morgan fingerprint density at radius 2 is 1.57 bits per heavy atom. The SMILES string of the molecule is NC(=O)c1ccc(NC(=O)CCS(=O)(=O)c2ccccc2)cc1. The molecule has 0 saturated carbocycles. The largest absolute Gasteiger partial charge is 0.366 e. The number of rotatable bonds is 6. The molecule has 0 unspecified atom stereocenters. The third-order valence-electron chi connectivity index (χ3n) is 3.15. The van der Waals surface area contributed by atoms with Gasteiger partial charge in [0.1, 0.15) is 0 Å². The molecule has 23 heavy (non-hydrogen) atoms. The van der Waals surface area contributed by atoms with Gasteiger partial charge in [0, 0.05) is 17.7 Å². The highest BCUT2D eigenvalue weighted by Gasteiger charge is 2.16. The van der Waals surface area contributed by atoms with Crippen LogP contribution in [0, 0.1) is 0 Å². The first kappa shape index (κ1) is 16.7. The molecule has 3 N–H and O–H groups in total. The molecule has 0 bridgehead atoms. The summed E-state index contributed by atoms with van der Waals surface area (Å²) >= 11 is 0.